The fourth-order valence-electron chi connectivity index (χ4n) is 2.79. The molecule has 0 atom stereocenters. The van der Waals surface area contributed by atoms with Crippen LogP contribution in [-0.2, 0) is 0 Å². The van der Waals surface area contributed by atoms with E-state index >= 15 is 0 Å². The van der Waals surface area contributed by atoms with Gasteiger partial charge in [0.25, 0.3) is 0 Å². The number of halogens is 2. The van der Waals surface area contributed by atoms with Crippen LogP contribution in [0.3, 0.4) is 0 Å². The molecule has 0 radical (unpaired) electrons. The van der Waals surface area contributed by atoms with Crippen molar-refractivity contribution in [1.29, 1.82) is 0 Å². The molecule has 0 aliphatic carbocycles. The van der Waals surface area contributed by atoms with Crippen LogP contribution in [-0.4, -0.2) is 6.66 Å². The molecular formula is C19H19Br2P. The Hall–Kier alpha value is -0.950. The molecule has 0 saturated heterocycles. The molecule has 22 heavy (non-hydrogen) atoms. The molecule has 3 heteroatoms. The number of hydrogen-bond donors (Lipinski definition) is 0. The molecule has 3 aromatic carbocycles. The van der Waals surface area contributed by atoms with Gasteiger partial charge in [-0.05, 0) is 0 Å². The van der Waals surface area contributed by atoms with E-state index in [2.05, 4.69) is 113 Å². The van der Waals surface area contributed by atoms with Crippen molar-refractivity contribution in [2.45, 2.75) is 0 Å². The van der Waals surface area contributed by atoms with Crippen LogP contribution in [0.5, 0.6) is 0 Å². The number of benzene rings is 3. The van der Waals surface area contributed by atoms with E-state index in [4.69, 9.17) is 0 Å². The Morgan fingerprint density at radius 3 is 1.00 bits per heavy atom. The predicted octanol–water partition coefficient (Wildman–Crippen LogP) is 5.03. The summed E-state index contributed by atoms with van der Waals surface area (Å²) in [6, 6.07) is 32.3. The summed E-state index contributed by atoms with van der Waals surface area (Å²) in [5.74, 6) is 0. The minimum absolute atomic E-state index is 0. The topological polar surface area (TPSA) is 0 Å². The molecule has 0 saturated carbocycles. The standard InChI is InChI=1S/C19H18BrP.BrH/c1-21(20,17-11-5-2-6-12-17,18-13-7-3-8-14-18)19-15-9-4-10-16-19;/h2-16H,1H3;1H. The van der Waals surface area contributed by atoms with Crippen LogP contribution in [0, 0.1) is 0 Å². The van der Waals surface area contributed by atoms with E-state index in [1.54, 1.807) is 0 Å². The predicted molar refractivity (Wildman–Crippen MR) is 110 cm³/mol. The summed E-state index contributed by atoms with van der Waals surface area (Å²) in [6.07, 6.45) is 0. The van der Waals surface area contributed by atoms with Crippen LogP contribution in [0.4, 0.5) is 0 Å². The third-order valence-electron chi connectivity index (χ3n) is 4.11. The van der Waals surface area contributed by atoms with Crippen LogP contribution in [0.1, 0.15) is 0 Å². The first-order valence-corrected chi connectivity index (χ1v) is 11.7. The Kier molecular flexibility index (Phi) is 5.27. The third-order valence-corrected chi connectivity index (χ3v) is 12.4. The molecule has 3 rings (SSSR count). The van der Waals surface area contributed by atoms with Gasteiger partial charge in [-0.15, -0.1) is 17.0 Å². The quantitative estimate of drug-likeness (QED) is 0.504. The van der Waals surface area contributed by atoms with E-state index in [0.29, 0.717) is 0 Å². The molecule has 0 aromatic heterocycles. The number of hydrogen-bond acceptors (Lipinski definition) is 0. The van der Waals surface area contributed by atoms with Crippen LogP contribution < -0.4 is 15.9 Å². The summed E-state index contributed by atoms with van der Waals surface area (Å²) < 4.78 is 0. The van der Waals surface area contributed by atoms with Crippen molar-refractivity contribution in [1.82, 2.24) is 0 Å². The zero-order chi connectivity index (χ0) is 14.8. The van der Waals surface area contributed by atoms with Crippen LogP contribution in [0.15, 0.2) is 91.0 Å². The minimum atomic E-state index is -2.56. The molecule has 0 fully saturated rings. The molecule has 0 spiro atoms. The third kappa shape index (κ3) is 2.80. The Morgan fingerprint density at radius 2 is 0.773 bits per heavy atom. The summed E-state index contributed by atoms with van der Waals surface area (Å²) in [5, 5.41) is 1.48. The monoisotopic (exact) mass is 436 g/mol. The van der Waals surface area contributed by atoms with E-state index in [9.17, 15) is 0 Å². The van der Waals surface area contributed by atoms with Gasteiger partial charge in [-0.3, -0.25) is 0 Å². The van der Waals surface area contributed by atoms with E-state index in [-0.39, 0.29) is 17.0 Å². The molecule has 0 N–H and O–H groups in total. The molecule has 3 aromatic rings. The van der Waals surface area contributed by atoms with Crippen molar-refractivity contribution in [2.24, 2.45) is 0 Å². The molecule has 0 aliphatic heterocycles. The van der Waals surface area contributed by atoms with Gasteiger partial charge >= 0.3 is 134 Å². The van der Waals surface area contributed by atoms with Gasteiger partial charge in [0.1, 0.15) is 0 Å². The summed E-state index contributed by atoms with van der Waals surface area (Å²) in [6.45, 7) is 2.37. The van der Waals surface area contributed by atoms with Gasteiger partial charge in [-0.2, -0.15) is 0 Å². The average molecular weight is 438 g/mol. The van der Waals surface area contributed by atoms with Crippen LogP contribution >= 0.6 is 37.8 Å². The second kappa shape index (κ2) is 6.66. The Morgan fingerprint density at radius 1 is 0.545 bits per heavy atom. The first-order valence-electron chi connectivity index (χ1n) is 7.02. The normalized spacial score (nSPS) is 12.7. The number of rotatable bonds is 3. The van der Waals surface area contributed by atoms with Gasteiger partial charge in [-0.25, -0.2) is 0 Å². The second-order valence-corrected chi connectivity index (χ2v) is 15.2. The first-order chi connectivity index (χ1) is 10.1. The van der Waals surface area contributed by atoms with Gasteiger partial charge in [0, 0.05) is 0 Å². The molecule has 0 aliphatic rings. The summed E-state index contributed by atoms with van der Waals surface area (Å²) in [7, 11) is 0. The van der Waals surface area contributed by atoms with Crippen molar-refractivity contribution in [2.75, 3.05) is 6.66 Å². The first kappa shape index (κ1) is 17.4. The van der Waals surface area contributed by atoms with Crippen LogP contribution in [0.2, 0.25) is 0 Å². The second-order valence-electron chi connectivity index (χ2n) is 5.44. The molecule has 0 unspecified atom stereocenters. The van der Waals surface area contributed by atoms with E-state index in [1.165, 1.54) is 15.9 Å². The molecule has 114 valence electrons. The van der Waals surface area contributed by atoms with Crippen molar-refractivity contribution < 1.29 is 0 Å². The Labute approximate surface area is 151 Å². The Bertz CT molecular complexity index is 622. The molecule has 0 amide bonds. The van der Waals surface area contributed by atoms with E-state index in [0.717, 1.165) is 0 Å². The molecular weight excluding hydrogens is 419 g/mol. The van der Waals surface area contributed by atoms with Crippen molar-refractivity contribution in [3.63, 3.8) is 0 Å². The molecule has 0 heterocycles. The SMILES string of the molecule is Br.CP(Br)(c1ccccc1)(c1ccccc1)c1ccccc1. The summed E-state index contributed by atoms with van der Waals surface area (Å²) >= 11 is 4.24. The van der Waals surface area contributed by atoms with Gasteiger partial charge in [0.2, 0.25) is 0 Å². The van der Waals surface area contributed by atoms with Crippen LogP contribution in [0.25, 0.3) is 0 Å². The van der Waals surface area contributed by atoms with Gasteiger partial charge in [-0.1, -0.05) is 0 Å². The Balaban J connectivity index is 0.00000176. The van der Waals surface area contributed by atoms with Crippen molar-refractivity contribution in [3.8, 4) is 0 Å². The zero-order valence-electron chi connectivity index (χ0n) is 12.4. The molecule has 0 bridgehead atoms. The maximum absolute atomic E-state index is 4.24. The fourth-order valence-corrected chi connectivity index (χ4v) is 8.46. The fraction of sp³-hybridized carbons (Fsp3) is 0.0526. The maximum atomic E-state index is 4.24. The van der Waals surface area contributed by atoms with Gasteiger partial charge in [0.15, 0.2) is 0 Å². The van der Waals surface area contributed by atoms with Gasteiger partial charge in [0.05, 0.1) is 0 Å². The summed E-state index contributed by atoms with van der Waals surface area (Å²) in [4.78, 5) is 0. The van der Waals surface area contributed by atoms with Crippen molar-refractivity contribution >= 4 is 53.7 Å². The van der Waals surface area contributed by atoms with E-state index in [1.807, 2.05) is 0 Å². The van der Waals surface area contributed by atoms with Crippen molar-refractivity contribution in [3.05, 3.63) is 91.0 Å². The van der Waals surface area contributed by atoms with E-state index < -0.39 is 5.31 Å². The average Bonchev–Trinajstić information content (AvgIpc) is 2.57. The van der Waals surface area contributed by atoms with Gasteiger partial charge < -0.3 is 0 Å². The molecule has 0 nitrogen and oxygen atoms in total. The summed E-state index contributed by atoms with van der Waals surface area (Å²) in [5.41, 5.74) is 0. The zero-order valence-corrected chi connectivity index (χ0v) is 16.6.